The van der Waals surface area contributed by atoms with Gasteiger partial charge in [-0.2, -0.15) is 0 Å². The van der Waals surface area contributed by atoms with Crippen LogP contribution >= 0.6 is 0 Å². The van der Waals surface area contributed by atoms with Crippen LogP contribution in [0.2, 0.25) is 0 Å². The SMILES string of the molecule is CCCCCC[C@@H](O)C/C=C\CCCCCCCC(=O)OC(=O)CCC(=O)OC(=O)CCCCCCC/C=C\C[C@H](O)CCCCCC. The molecule has 0 heterocycles. The number of unbranched alkanes of at least 4 members (excludes halogenated alkanes) is 16. The van der Waals surface area contributed by atoms with Crippen LogP contribution < -0.4 is 0 Å². The third kappa shape index (κ3) is 33.6. The van der Waals surface area contributed by atoms with Crippen molar-refractivity contribution in [1.29, 1.82) is 0 Å². The number of allylic oxidation sites excluding steroid dienone is 2. The van der Waals surface area contributed by atoms with E-state index < -0.39 is 23.9 Å². The highest BCUT2D eigenvalue weighted by Crippen LogP contribution is 2.13. The molecule has 8 heteroatoms. The van der Waals surface area contributed by atoms with Gasteiger partial charge in [-0.3, -0.25) is 19.2 Å². The molecule has 0 aliphatic heterocycles. The molecular formula is C40H70O8. The van der Waals surface area contributed by atoms with Crippen LogP contribution in [0, 0.1) is 0 Å². The van der Waals surface area contributed by atoms with Crippen LogP contribution in [-0.2, 0) is 28.7 Å². The van der Waals surface area contributed by atoms with Gasteiger partial charge in [-0.25, -0.2) is 0 Å². The van der Waals surface area contributed by atoms with Gasteiger partial charge in [0.15, 0.2) is 0 Å². The summed E-state index contributed by atoms with van der Waals surface area (Å²) < 4.78 is 9.57. The zero-order valence-corrected chi connectivity index (χ0v) is 30.6. The standard InChI is InChI=1S/C40H70O8/c1-3-5-7-21-27-35(41)29-23-17-13-9-11-15-19-25-31-37(43)47-39(45)33-34-40(46)48-38(44)32-26-20-16-12-10-14-18-24-30-36(42)28-22-8-6-4-2/h17-18,23-24,35-36,41-42H,3-16,19-22,25-34H2,1-2H3/b23-17-,24-18-/t35-,36-/m1/s1. The number of aliphatic hydroxyl groups is 2. The van der Waals surface area contributed by atoms with Crippen molar-refractivity contribution in [3.05, 3.63) is 24.3 Å². The molecule has 0 aliphatic carbocycles. The van der Waals surface area contributed by atoms with Crippen LogP contribution in [0.1, 0.15) is 194 Å². The van der Waals surface area contributed by atoms with Crippen molar-refractivity contribution in [2.24, 2.45) is 0 Å². The maximum atomic E-state index is 11.9. The summed E-state index contributed by atoms with van der Waals surface area (Å²) >= 11 is 0. The highest BCUT2D eigenvalue weighted by atomic mass is 16.6. The summed E-state index contributed by atoms with van der Waals surface area (Å²) in [5.41, 5.74) is 0. The Morgan fingerprint density at radius 2 is 0.771 bits per heavy atom. The predicted molar refractivity (Wildman–Crippen MR) is 193 cm³/mol. The molecule has 0 radical (unpaired) electrons. The van der Waals surface area contributed by atoms with E-state index in [4.69, 9.17) is 9.47 Å². The van der Waals surface area contributed by atoms with Crippen LogP contribution in [0.4, 0.5) is 0 Å². The van der Waals surface area contributed by atoms with E-state index in [-0.39, 0.29) is 37.9 Å². The quantitative estimate of drug-likeness (QED) is 0.0304. The molecule has 0 aromatic heterocycles. The molecule has 0 bridgehead atoms. The average Bonchev–Trinajstić information content (AvgIpc) is 3.05. The highest BCUT2D eigenvalue weighted by Gasteiger charge is 2.15. The topological polar surface area (TPSA) is 127 Å². The van der Waals surface area contributed by atoms with Crippen molar-refractivity contribution in [2.45, 2.75) is 206 Å². The summed E-state index contributed by atoms with van der Waals surface area (Å²) in [7, 11) is 0. The van der Waals surface area contributed by atoms with Gasteiger partial charge in [0, 0.05) is 12.8 Å². The molecule has 0 unspecified atom stereocenters. The van der Waals surface area contributed by atoms with E-state index in [1.807, 2.05) is 0 Å². The summed E-state index contributed by atoms with van der Waals surface area (Å²) in [5.74, 6) is -2.75. The smallest absolute Gasteiger partial charge is 0.314 e. The van der Waals surface area contributed by atoms with E-state index in [0.29, 0.717) is 12.8 Å². The fourth-order valence-corrected chi connectivity index (χ4v) is 5.38. The maximum absolute atomic E-state index is 11.9. The molecular weight excluding hydrogens is 608 g/mol. The van der Waals surface area contributed by atoms with E-state index in [1.165, 1.54) is 38.5 Å². The zero-order chi connectivity index (χ0) is 35.5. The average molecular weight is 679 g/mol. The van der Waals surface area contributed by atoms with Gasteiger partial charge in [-0.15, -0.1) is 0 Å². The molecule has 48 heavy (non-hydrogen) atoms. The lowest BCUT2D eigenvalue weighted by molar-refractivity contribution is -0.165. The van der Waals surface area contributed by atoms with Gasteiger partial charge < -0.3 is 19.7 Å². The first kappa shape index (κ1) is 45.7. The fraction of sp³-hybridized carbons (Fsp3) is 0.800. The van der Waals surface area contributed by atoms with E-state index in [2.05, 4.69) is 38.2 Å². The van der Waals surface area contributed by atoms with E-state index in [0.717, 1.165) is 103 Å². The Balaban J connectivity index is 3.66. The lowest BCUT2D eigenvalue weighted by Crippen LogP contribution is -2.16. The van der Waals surface area contributed by atoms with Crippen LogP contribution in [0.25, 0.3) is 0 Å². The molecule has 0 saturated heterocycles. The fourth-order valence-electron chi connectivity index (χ4n) is 5.38. The third-order valence-corrected chi connectivity index (χ3v) is 8.42. The Labute approximate surface area is 292 Å². The molecule has 2 N–H and O–H groups in total. The normalized spacial score (nSPS) is 12.8. The molecule has 0 amide bonds. The number of esters is 4. The Morgan fingerprint density at radius 1 is 0.438 bits per heavy atom. The summed E-state index contributed by atoms with van der Waals surface area (Å²) in [4.78, 5) is 47.6. The second-order valence-corrected chi connectivity index (χ2v) is 13.2. The first-order chi connectivity index (χ1) is 23.3. The van der Waals surface area contributed by atoms with Gasteiger partial charge >= 0.3 is 23.9 Å². The second kappa shape index (κ2) is 34.5. The minimum atomic E-state index is -0.782. The number of hydrogen-bond acceptors (Lipinski definition) is 8. The summed E-state index contributed by atoms with van der Waals surface area (Å²) in [6, 6.07) is 0. The van der Waals surface area contributed by atoms with Crippen LogP contribution in [-0.4, -0.2) is 46.3 Å². The second-order valence-electron chi connectivity index (χ2n) is 13.2. The number of rotatable bonds is 33. The van der Waals surface area contributed by atoms with Crippen molar-refractivity contribution in [1.82, 2.24) is 0 Å². The summed E-state index contributed by atoms with van der Waals surface area (Å²) in [6.07, 6.45) is 31.6. The van der Waals surface area contributed by atoms with Gasteiger partial charge in [0.2, 0.25) is 0 Å². The molecule has 8 nitrogen and oxygen atoms in total. The molecule has 0 aromatic rings. The van der Waals surface area contributed by atoms with Gasteiger partial charge in [-0.1, -0.05) is 128 Å². The molecule has 278 valence electrons. The Bertz CT molecular complexity index is 795. The maximum Gasteiger partial charge on any atom is 0.314 e. The lowest BCUT2D eigenvalue weighted by Gasteiger charge is -2.07. The van der Waals surface area contributed by atoms with Crippen molar-refractivity contribution < 1.29 is 38.9 Å². The van der Waals surface area contributed by atoms with E-state index in [1.54, 1.807) is 0 Å². The third-order valence-electron chi connectivity index (χ3n) is 8.42. The van der Waals surface area contributed by atoms with Crippen LogP contribution in [0.3, 0.4) is 0 Å². The van der Waals surface area contributed by atoms with Crippen LogP contribution in [0.5, 0.6) is 0 Å². The predicted octanol–water partition coefficient (Wildman–Crippen LogP) is 9.92. The largest absolute Gasteiger partial charge is 0.393 e. The molecule has 0 rings (SSSR count). The van der Waals surface area contributed by atoms with Crippen molar-refractivity contribution in [3.8, 4) is 0 Å². The zero-order valence-electron chi connectivity index (χ0n) is 30.6. The molecule has 0 aliphatic rings. The van der Waals surface area contributed by atoms with Gasteiger partial charge in [-0.05, 0) is 64.2 Å². The van der Waals surface area contributed by atoms with E-state index >= 15 is 0 Å². The van der Waals surface area contributed by atoms with Gasteiger partial charge in [0.1, 0.15) is 0 Å². The van der Waals surface area contributed by atoms with Crippen molar-refractivity contribution >= 4 is 23.9 Å². The number of carbonyl (C=O) groups excluding carboxylic acids is 4. The number of aliphatic hydroxyl groups excluding tert-OH is 2. The number of ether oxygens (including phenoxy) is 2. The first-order valence-electron chi connectivity index (χ1n) is 19.4. The number of carbonyl (C=O) groups is 4. The first-order valence-corrected chi connectivity index (χ1v) is 19.4. The molecule has 0 aromatic carbocycles. The molecule has 0 fully saturated rings. The molecule has 0 spiro atoms. The van der Waals surface area contributed by atoms with Crippen molar-refractivity contribution in [2.75, 3.05) is 0 Å². The minimum absolute atomic E-state index is 0.158. The van der Waals surface area contributed by atoms with Gasteiger partial charge in [0.25, 0.3) is 0 Å². The Hall–Kier alpha value is -2.32. The summed E-state index contributed by atoms with van der Waals surface area (Å²) in [5, 5.41) is 20.0. The van der Waals surface area contributed by atoms with Crippen LogP contribution in [0.15, 0.2) is 24.3 Å². The van der Waals surface area contributed by atoms with Crippen molar-refractivity contribution in [3.63, 3.8) is 0 Å². The van der Waals surface area contributed by atoms with Gasteiger partial charge in [0.05, 0.1) is 25.0 Å². The Kier molecular flexibility index (Phi) is 32.9. The number of hydrogen-bond donors (Lipinski definition) is 2. The molecule has 2 atom stereocenters. The molecule has 0 saturated carbocycles. The Morgan fingerprint density at radius 3 is 1.17 bits per heavy atom. The summed E-state index contributed by atoms with van der Waals surface area (Å²) in [6.45, 7) is 4.37. The lowest BCUT2D eigenvalue weighted by atomic mass is 10.1. The minimum Gasteiger partial charge on any atom is -0.393 e. The highest BCUT2D eigenvalue weighted by molar-refractivity contribution is 5.89. The monoisotopic (exact) mass is 679 g/mol. The van der Waals surface area contributed by atoms with E-state index in [9.17, 15) is 29.4 Å².